The third-order valence-corrected chi connectivity index (χ3v) is 2.51. The quantitative estimate of drug-likeness (QED) is 0.848. The lowest BCUT2D eigenvalue weighted by molar-refractivity contribution is 0.101. The van der Waals surface area contributed by atoms with Gasteiger partial charge in [0.1, 0.15) is 17.5 Å². The molecule has 0 unspecified atom stereocenters. The van der Waals surface area contributed by atoms with Crippen LogP contribution in [0.2, 0.25) is 0 Å². The molecule has 2 rings (SSSR count). The van der Waals surface area contributed by atoms with Crippen molar-refractivity contribution in [3.8, 4) is 0 Å². The Kier molecular flexibility index (Phi) is 3.55. The van der Waals surface area contributed by atoms with Crippen LogP contribution in [0.4, 0.5) is 24.5 Å². The standard InChI is InChI=1S/C14H10F3NO/c1-8(19)9-4-11(16)6-12(5-9)18-14-3-2-10(15)7-13(14)17/h2-7,18H,1H3. The molecule has 19 heavy (non-hydrogen) atoms. The third-order valence-electron chi connectivity index (χ3n) is 2.51. The molecular weight excluding hydrogens is 255 g/mol. The molecule has 98 valence electrons. The van der Waals surface area contributed by atoms with Crippen LogP contribution in [-0.4, -0.2) is 5.78 Å². The van der Waals surface area contributed by atoms with Gasteiger partial charge in [-0.05, 0) is 37.3 Å². The molecule has 0 fully saturated rings. The van der Waals surface area contributed by atoms with Gasteiger partial charge in [-0.1, -0.05) is 0 Å². The Morgan fingerprint density at radius 2 is 1.74 bits per heavy atom. The maximum atomic E-state index is 13.4. The molecule has 0 bridgehead atoms. The van der Waals surface area contributed by atoms with Crippen molar-refractivity contribution in [2.45, 2.75) is 6.92 Å². The number of anilines is 2. The van der Waals surface area contributed by atoms with Gasteiger partial charge in [-0.3, -0.25) is 4.79 Å². The van der Waals surface area contributed by atoms with Crippen molar-refractivity contribution in [2.24, 2.45) is 0 Å². The highest BCUT2D eigenvalue weighted by atomic mass is 19.1. The topological polar surface area (TPSA) is 29.1 Å². The molecule has 2 nitrogen and oxygen atoms in total. The zero-order valence-electron chi connectivity index (χ0n) is 10.0. The molecule has 2 aromatic rings. The highest BCUT2D eigenvalue weighted by Crippen LogP contribution is 2.22. The van der Waals surface area contributed by atoms with E-state index in [2.05, 4.69) is 5.32 Å². The molecule has 0 radical (unpaired) electrons. The zero-order valence-corrected chi connectivity index (χ0v) is 10.0. The first-order valence-electron chi connectivity index (χ1n) is 5.49. The SMILES string of the molecule is CC(=O)c1cc(F)cc(Nc2ccc(F)cc2F)c1. The minimum absolute atomic E-state index is 0.00139. The van der Waals surface area contributed by atoms with Crippen LogP contribution in [0.25, 0.3) is 0 Å². The molecular formula is C14H10F3NO. The Balaban J connectivity index is 2.35. The predicted octanol–water partition coefficient (Wildman–Crippen LogP) is 4.05. The van der Waals surface area contributed by atoms with Crippen LogP contribution in [-0.2, 0) is 0 Å². The van der Waals surface area contributed by atoms with Crippen LogP contribution in [0, 0.1) is 17.5 Å². The Morgan fingerprint density at radius 3 is 2.37 bits per heavy atom. The molecule has 0 aliphatic heterocycles. The van der Waals surface area contributed by atoms with E-state index in [0.717, 1.165) is 18.2 Å². The lowest BCUT2D eigenvalue weighted by Crippen LogP contribution is -1.99. The van der Waals surface area contributed by atoms with E-state index >= 15 is 0 Å². The molecule has 2 aromatic carbocycles. The Hall–Kier alpha value is -2.30. The molecule has 1 N–H and O–H groups in total. The van der Waals surface area contributed by atoms with Crippen LogP contribution in [0.1, 0.15) is 17.3 Å². The summed E-state index contributed by atoms with van der Waals surface area (Å²) in [5, 5.41) is 2.60. The monoisotopic (exact) mass is 265 g/mol. The largest absolute Gasteiger partial charge is 0.353 e. The molecule has 0 spiro atoms. The average molecular weight is 265 g/mol. The maximum absolute atomic E-state index is 13.4. The number of rotatable bonds is 3. The van der Waals surface area contributed by atoms with Crippen molar-refractivity contribution in [3.63, 3.8) is 0 Å². The summed E-state index contributed by atoms with van der Waals surface area (Å²) in [5.74, 6) is -2.42. The Morgan fingerprint density at radius 1 is 1.00 bits per heavy atom. The van der Waals surface area contributed by atoms with E-state index < -0.39 is 17.5 Å². The lowest BCUT2D eigenvalue weighted by atomic mass is 10.1. The van der Waals surface area contributed by atoms with Gasteiger partial charge in [-0.2, -0.15) is 0 Å². The van der Waals surface area contributed by atoms with Crippen LogP contribution >= 0.6 is 0 Å². The molecule has 5 heteroatoms. The number of hydrogen-bond acceptors (Lipinski definition) is 2. The Bertz CT molecular complexity index is 641. The summed E-state index contributed by atoms with van der Waals surface area (Å²) in [4.78, 5) is 11.2. The summed E-state index contributed by atoms with van der Waals surface area (Å²) < 4.78 is 39.5. The highest BCUT2D eigenvalue weighted by Gasteiger charge is 2.08. The molecule has 0 amide bonds. The van der Waals surface area contributed by atoms with E-state index in [1.165, 1.54) is 19.1 Å². The number of benzene rings is 2. The fraction of sp³-hybridized carbons (Fsp3) is 0.0714. The highest BCUT2D eigenvalue weighted by molar-refractivity contribution is 5.95. The number of Topliss-reactive ketones (excluding diaryl/α,β-unsaturated/α-hetero) is 1. The van der Waals surface area contributed by atoms with E-state index in [1.807, 2.05) is 0 Å². The van der Waals surface area contributed by atoms with Crippen molar-refractivity contribution >= 4 is 17.2 Å². The number of halogens is 3. The van der Waals surface area contributed by atoms with Gasteiger partial charge in [-0.15, -0.1) is 0 Å². The fourth-order valence-corrected chi connectivity index (χ4v) is 1.61. The van der Waals surface area contributed by atoms with Crippen LogP contribution in [0.5, 0.6) is 0 Å². The number of hydrogen-bond donors (Lipinski definition) is 1. The van der Waals surface area contributed by atoms with Gasteiger partial charge in [0.15, 0.2) is 5.78 Å². The summed E-state index contributed by atoms with van der Waals surface area (Å²) in [7, 11) is 0. The van der Waals surface area contributed by atoms with Crippen molar-refractivity contribution in [1.29, 1.82) is 0 Å². The van der Waals surface area contributed by atoms with Gasteiger partial charge in [0.05, 0.1) is 5.69 Å². The van der Waals surface area contributed by atoms with E-state index in [0.29, 0.717) is 6.07 Å². The van der Waals surface area contributed by atoms with E-state index in [-0.39, 0.29) is 22.7 Å². The van der Waals surface area contributed by atoms with Crippen molar-refractivity contribution in [1.82, 2.24) is 0 Å². The minimum atomic E-state index is -0.798. The first-order chi connectivity index (χ1) is 8.95. The second-order valence-corrected chi connectivity index (χ2v) is 4.03. The smallest absolute Gasteiger partial charge is 0.159 e. The summed E-state index contributed by atoms with van der Waals surface area (Å²) >= 11 is 0. The van der Waals surface area contributed by atoms with Gasteiger partial charge >= 0.3 is 0 Å². The maximum Gasteiger partial charge on any atom is 0.159 e. The van der Waals surface area contributed by atoms with Crippen LogP contribution in [0.3, 0.4) is 0 Å². The first kappa shape index (κ1) is 13.1. The predicted molar refractivity (Wildman–Crippen MR) is 66.0 cm³/mol. The summed E-state index contributed by atoms with van der Waals surface area (Å²) in [6, 6.07) is 6.60. The summed E-state index contributed by atoms with van der Waals surface area (Å²) in [5.41, 5.74) is 0.391. The molecule has 0 aliphatic rings. The van der Waals surface area contributed by atoms with Gasteiger partial charge in [-0.25, -0.2) is 13.2 Å². The normalized spacial score (nSPS) is 10.3. The van der Waals surface area contributed by atoms with E-state index in [9.17, 15) is 18.0 Å². The van der Waals surface area contributed by atoms with Gasteiger partial charge in [0.25, 0.3) is 0 Å². The molecule has 0 saturated carbocycles. The lowest BCUT2D eigenvalue weighted by Gasteiger charge is -2.09. The third kappa shape index (κ3) is 3.13. The number of nitrogens with one attached hydrogen (secondary N) is 1. The molecule has 0 aromatic heterocycles. The molecule has 0 heterocycles. The average Bonchev–Trinajstić information content (AvgIpc) is 2.32. The first-order valence-corrected chi connectivity index (χ1v) is 5.49. The van der Waals surface area contributed by atoms with Crippen molar-refractivity contribution in [2.75, 3.05) is 5.32 Å². The zero-order chi connectivity index (χ0) is 14.0. The Labute approximate surface area is 107 Å². The fourth-order valence-electron chi connectivity index (χ4n) is 1.61. The van der Waals surface area contributed by atoms with Gasteiger partial charge in [0.2, 0.25) is 0 Å². The van der Waals surface area contributed by atoms with E-state index in [1.54, 1.807) is 0 Å². The van der Waals surface area contributed by atoms with E-state index in [4.69, 9.17) is 0 Å². The van der Waals surface area contributed by atoms with Crippen molar-refractivity contribution in [3.05, 3.63) is 59.4 Å². The molecule has 0 aliphatic carbocycles. The minimum Gasteiger partial charge on any atom is -0.353 e. The van der Waals surface area contributed by atoms with Gasteiger partial charge in [0, 0.05) is 17.3 Å². The summed E-state index contributed by atoms with van der Waals surface area (Å²) in [6.07, 6.45) is 0. The van der Waals surface area contributed by atoms with Crippen molar-refractivity contribution < 1.29 is 18.0 Å². The number of carbonyl (C=O) groups is 1. The van der Waals surface area contributed by atoms with Gasteiger partial charge < -0.3 is 5.32 Å². The number of ketones is 1. The second kappa shape index (κ2) is 5.14. The summed E-state index contributed by atoms with van der Waals surface area (Å²) in [6.45, 7) is 1.30. The molecule has 0 saturated heterocycles. The van der Waals surface area contributed by atoms with Crippen LogP contribution in [0.15, 0.2) is 36.4 Å². The second-order valence-electron chi connectivity index (χ2n) is 4.03. The number of carbonyl (C=O) groups excluding carboxylic acids is 1. The molecule has 0 atom stereocenters. The van der Waals surface area contributed by atoms with Crippen LogP contribution < -0.4 is 5.32 Å².